The van der Waals surface area contributed by atoms with Gasteiger partial charge in [-0.15, -0.1) is 0 Å². The second-order valence-electron chi connectivity index (χ2n) is 15.1. The van der Waals surface area contributed by atoms with E-state index in [9.17, 15) is 29.7 Å². The Kier molecular flexibility index (Phi) is 13.4. The first-order chi connectivity index (χ1) is 24.2. The minimum Gasteiger partial charge on any atom is -0.481 e. The second kappa shape index (κ2) is 17.5. The van der Waals surface area contributed by atoms with Gasteiger partial charge in [-0.3, -0.25) is 9.59 Å². The third kappa shape index (κ3) is 8.07. The van der Waals surface area contributed by atoms with Gasteiger partial charge in [-0.05, 0) is 44.5 Å². The summed E-state index contributed by atoms with van der Waals surface area (Å²) in [5, 5.41) is 32.0. The van der Waals surface area contributed by atoms with E-state index in [0.717, 1.165) is 30.4 Å². The molecular weight excluding hydrogens is 638 g/mol. The largest absolute Gasteiger partial charge is 0.481 e. The Bertz CT molecular complexity index is 1380. The lowest BCUT2D eigenvalue weighted by Gasteiger charge is -2.61. The van der Waals surface area contributed by atoms with Crippen LogP contribution in [0.25, 0.3) is 0 Å². The van der Waals surface area contributed by atoms with Crippen LogP contribution < -0.4 is 4.74 Å². The van der Waals surface area contributed by atoms with Gasteiger partial charge in [-0.25, -0.2) is 4.79 Å². The molecule has 1 aromatic carbocycles. The molecule has 3 N–H and O–H groups in total. The van der Waals surface area contributed by atoms with Crippen LogP contribution >= 0.6 is 0 Å². The third-order valence-electron chi connectivity index (χ3n) is 11.7. The molecule has 1 fully saturated rings. The molecule has 2 heterocycles. The molecule has 0 amide bonds. The van der Waals surface area contributed by atoms with Gasteiger partial charge in [0, 0.05) is 30.0 Å². The smallest absolute Gasteiger partial charge is 0.353 e. The molecule has 10 heteroatoms. The number of likely N-dealkylation sites (tertiary alicyclic amines) is 1. The summed E-state index contributed by atoms with van der Waals surface area (Å²) in [5.41, 5.74) is 0.376. The Balaban J connectivity index is 1.10. The standard InChI is InChI=1S/C40H59NO9/c1-3-4-5-6-7-8-9-10-11-12-13-14-15-16-17-18-34(45)48-31(26-33(43)44)38(46)49-30-21-22-40(47)32-25-28-19-20-29(27-42)36-35(28)39(40,37(30)50-36)23-24-41(32)2/h19-21,31-32,37,42,47H,3-18,22-27H2,1-2H3,(H,43,44)/t31-,32+,37-,39-,40+/m0/s1. The summed E-state index contributed by atoms with van der Waals surface area (Å²) in [6.07, 6.45) is 18.0. The van der Waals surface area contributed by atoms with Crippen LogP contribution in [0.2, 0.25) is 0 Å². The van der Waals surface area contributed by atoms with E-state index in [1.165, 1.54) is 70.6 Å². The summed E-state index contributed by atoms with van der Waals surface area (Å²) >= 11 is 0. The number of carboxylic acids is 1. The van der Waals surface area contributed by atoms with Crippen LogP contribution in [0.15, 0.2) is 24.0 Å². The van der Waals surface area contributed by atoms with Gasteiger partial charge in [0.2, 0.25) is 6.10 Å². The van der Waals surface area contributed by atoms with Crippen molar-refractivity contribution in [1.29, 1.82) is 0 Å². The van der Waals surface area contributed by atoms with Gasteiger partial charge in [-0.1, -0.05) is 109 Å². The fraction of sp³-hybridized carbons (Fsp3) is 0.725. The van der Waals surface area contributed by atoms with Crippen molar-refractivity contribution >= 4 is 17.9 Å². The number of hydrogen-bond acceptors (Lipinski definition) is 9. The Morgan fingerprint density at radius 1 is 0.960 bits per heavy atom. The summed E-state index contributed by atoms with van der Waals surface area (Å²) in [4.78, 5) is 40.1. The van der Waals surface area contributed by atoms with Gasteiger partial charge in [0.15, 0.2) is 6.10 Å². The van der Waals surface area contributed by atoms with Gasteiger partial charge in [0.05, 0.1) is 24.0 Å². The molecule has 2 aliphatic heterocycles. The zero-order chi connectivity index (χ0) is 35.7. The topological polar surface area (TPSA) is 143 Å². The molecule has 5 atom stereocenters. The van der Waals surface area contributed by atoms with Crippen LogP contribution in [-0.2, 0) is 42.3 Å². The molecule has 1 spiro atoms. The Hall–Kier alpha value is -2.95. The fourth-order valence-electron chi connectivity index (χ4n) is 9.00. The number of aliphatic hydroxyl groups excluding tert-OH is 1. The molecule has 5 rings (SSSR count). The summed E-state index contributed by atoms with van der Waals surface area (Å²) in [6.45, 7) is 2.69. The quantitative estimate of drug-likeness (QED) is 0.0891. The number of nitrogens with zero attached hydrogens (tertiary/aromatic N) is 1. The molecule has 0 aromatic heterocycles. The zero-order valence-electron chi connectivity index (χ0n) is 30.3. The van der Waals surface area contributed by atoms with Crippen molar-refractivity contribution in [3.63, 3.8) is 0 Å². The fourth-order valence-corrected chi connectivity index (χ4v) is 9.00. The van der Waals surface area contributed by atoms with Gasteiger partial charge in [0.25, 0.3) is 0 Å². The van der Waals surface area contributed by atoms with Crippen LogP contribution in [0, 0.1) is 0 Å². The molecular formula is C40H59NO9. The van der Waals surface area contributed by atoms with E-state index in [-0.39, 0.29) is 31.2 Å². The van der Waals surface area contributed by atoms with Crippen molar-refractivity contribution < 1.29 is 43.9 Å². The summed E-state index contributed by atoms with van der Waals surface area (Å²) < 4.78 is 17.7. The number of rotatable bonds is 22. The molecule has 278 valence electrons. The zero-order valence-corrected chi connectivity index (χ0v) is 30.3. The highest BCUT2D eigenvalue weighted by Gasteiger charge is 2.72. The Labute approximate surface area is 297 Å². The minimum atomic E-state index is -1.61. The highest BCUT2D eigenvalue weighted by Crippen LogP contribution is 2.64. The lowest BCUT2D eigenvalue weighted by molar-refractivity contribution is -0.177. The van der Waals surface area contributed by atoms with E-state index in [1.54, 1.807) is 6.08 Å². The maximum absolute atomic E-state index is 13.5. The van der Waals surface area contributed by atoms with Crippen molar-refractivity contribution in [2.75, 3.05) is 13.6 Å². The van der Waals surface area contributed by atoms with E-state index in [0.29, 0.717) is 37.1 Å². The van der Waals surface area contributed by atoms with Crippen LogP contribution in [0.5, 0.6) is 5.75 Å². The highest BCUT2D eigenvalue weighted by molar-refractivity contribution is 5.84. The van der Waals surface area contributed by atoms with Crippen LogP contribution in [0.3, 0.4) is 0 Å². The monoisotopic (exact) mass is 697 g/mol. The number of benzene rings is 1. The number of carbonyl (C=O) groups excluding carboxylic acids is 2. The molecule has 1 saturated heterocycles. The molecule has 2 aliphatic carbocycles. The van der Waals surface area contributed by atoms with Crippen molar-refractivity contribution in [3.05, 3.63) is 40.7 Å². The van der Waals surface area contributed by atoms with Crippen LogP contribution in [0.4, 0.5) is 0 Å². The molecule has 10 nitrogen and oxygen atoms in total. The van der Waals surface area contributed by atoms with E-state index < -0.39 is 47.6 Å². The van der Waals surface area contributed by atoms with Gasteiger partial charge >= 0.3 is 17.9 Å². The minimum absolute atomic E-state index is 0.100. The Morgan fingerprint density at radius 3 is 2.18 bits per heavy atom. The molecule has 0 saturated carbocycles. The number of aliphatic carboxylic acids is 1. The summed E-state index contributed by atoms with van der Waals surface area (Å²) in [7, 11) is 2.00. The lowest BCUT2D eigenvalue weighted by atomic mass is 9.50. The predicted molar refractivity (Wildman–Crippen MR) is 189 cm³/mol. The first-order valence-electron chi connectivity index (χ1n) is 19.3. The molecule has 0 unspecified atom stereocenters. The van der Waals surface area contributed by atoms with Crippen LogP contribution in [0.1, 0.15) is 146 Å². The number of carbonyl (C=O) groups is 3. The summed E-state index contributed by atoms with van der Waals surface area (Å²) in [6, 6.07) is 3.63. The molecule has 1 aromatic rings. The van der Waals surface area contributed by atoms with E-state index in [2.05, 4.69) is 11.8 Å². The second-order valence-corrected chi connectivity index (χ2v) is 15.1. The third-order valence-corrected chi connectivity index (χ3v) is 11.7. The van der Waals surface area contributed by atoms with Crippen molar-refractivity contribution in [3.8, 4) is 5.75 Å². The van der Waals surface area contributed by atoms with E-state index >= 15 is 0 Å². The number of carboxylic acid groups (broad SMARTS) is 1. The van der Waals surface area contributed by atoms with Crippen molar-refractivity contribution in [2.45, 2.75) is 171 Å². The average Bonchev–Trinajstić information content (AvgIpc) is 3.45. The maximum Gasteiger partial charge on any atom is 0.353 e. The summed E-state index contributed by atoms with van der Waals surface area (Å²) in [5.74, 6) is -2.21. The number of piperidine rings is 1. The van der Waals surface area contributed by atoms with Gasteiger partial charge < -0.3 is 34.4 Å². The number of ether oxygens (including phenoxy) is 3. The number of likely N-dealkylation sites (N-methyl/N-ethyl adjacent to an activating group) is 1. The molecule has 50 heavy (non-hydrogen) atoms. The van der Waals surface area contributed by atoms with Crippen molar-refractivity contribution in [2.24, 2.45) is 0 Å². The Morgan fingerprint density at radius 2 is 1.58 bits per heavy atom. The van der Waals surface area contributed by atoms with E-state index in [4.69, 9.17) is 14.2 Å². The van der Waals surface area contributed by atoms with Gasteiger partial charge in [-0.2, -0.15) is 0 Å². The lowest BCUT2D eigenvalue weighted by Crippen LogP contribution is -2.74. The normalized spacial score (nSPS) is 25.3. The molecule has 2 bridgehead atoms. The number of hydrogen-bond donors (Lipinski definition) is 3. The predicted octanol–water partition coefficient (Wildman–Crippen LogP) is 6.65. The van der Waals surface area contributed by atoms with Gasteiger partial charge in [0.1, 0.15) is 11.5 Å². The number of unbranched alkanes of at least 4 members (excludes halogenated alkanes) is 14. The average molecular weight is 698 g/mol. The maximum atomic E-state index is 13.5. The molecule has 0 radical (unpaired) electrons. The van der Waals surface area contributed by atoms with Crippen molar-refractivity contribution in [1.82, 2.24) is 4.90 Å². The van der Waals surface area contributed by atoms with Crippen LogP contribution in [-0.4, -0.2) is 75.6 Å². The first-order valence-corrected chi connectivity index (χ1v) is 19.3. The SMILES string of the molecule is CCCCCCCCCCCCCCCCCC(=O)O[C@@H](CC(=O)O)C(=O)OC1=CC[C@@]2(O)[C@H]3Cc4ccc(CO)c5c4[C@@]2(CCN3C)[C@H]1O5. The molecule has 4 aliphatic rings. The number of aliphatic hydroxyl groups is 2. The number of esters is 2. The first kappa shape index (κ1) is 38.3. The highest BCUT2D eigenvalue weighted by atomic mass is 16.6. The van der Waals surface area contributed by atoms with E-state index in [1.807, 2.05) is 19.2 Å².